The molecule has 1 amide bonds. The van der Waals surface area contributed by atoms with Crippen LogP contribution in [0.25, 0.3) is 0 Å². The van der Waals surface area contributed by atoms with Gasteiger partial charge in [-0.15, -0.1) is 0 Å². The number of rotatable bonds is 1. The normalized spacial score (nSPS) is 28.3. The van der Waals surface area contributed by atoms with Gasteiger partial charge in [-0.1, -0.05) is 12.8 Å². The van der Waals surface area contributed by atoms with Crippen molar-refractivity contribution in [2.45, 2.75) is 38.1 Å². The van der Waals surface area contributed by atoms with E-state index in [-0.39, 0.29) is 0 Å². The Kier molecular flexibility index (Phi) is 2.59. The van der Waals surface area contributed by atoms with Crippen LogP contribution in [-0.2, 0) is 4.79 Å². The van der Waals surface area contributed by atoms with Crippen LogP contribution in [0.4, 0.5) is 11.4 Å². The zero-order valence-electron chi connectivity index (χ0n) is 11.4. The zero-order valence-corrected chi connectivity index (χ0v) is 11.4. The highest BCUT2D eigenvalue weighted by atomic mass is 16.2. The van der Waals surface area contributed by atoms with Crippen LogP contribution in [0, 0.1) is 5.92 Å². The summed E-state index contributed by atoms with van der Waals surface area (Å²) in [4.78, 5) is 25.5. The first-order chi connectivity index (χ1) is 9.74. The van der Waals surface area contributed by atoms with Crippen molar-refractivity contribution >= 4 is 23.1 Å². The SMILES string of the molecule is O=C1Nc2cc(N3CCC4CCCCC43)ccc2C1=O. The summed E-state index contributed by atoms with van der Waals surface area (Å²) in [6.07, 6.45) is 6.57. The molecule has 0 spiro atoms. The Labute approximate surface area is 118 Å². The van der Waals surface area contributed by atoms with Gasteiger partial charge in [0.05, 0.1) is 11.3 Å². The number of anilines is 2. The lowest BCUT2D eigenvalue weighted by molar-refractivity contribution is -0.112. The van der Waals surface area contributed by atoms with Crippen molar-refractivity contribution in [3.8, 4) is 0 Å². The number of nitrogens with one attached hydrogen (secondary N) is 1. The Morgan fingerprint density at radius 2 is 1.95 bits per heavy atom. The van der Waals surface area contributed by atoms with Crippen molar-refractivity contribution in [1.29, 1.82) is 0 Å². The maximum absolute atomic E-state index is 11.6. The van der Waals surface area contributed by atoms with Crippen LogP contribution in [-0.4, -0.2) is 24.3 Å². The number of benzene rings is 1. The standard InChI is InChI=1S/C16H18N2O2/c19-15-12-6-5-11(9-13(12)17-16(15)20)18-8-7-10-3-1-2-4-14(10)18/h5-6,9-10,14H,1-4,7-8H2,(H,17,19,20). The van der Waals surface area contributed by atoms with Crippen LogP contribution in [0.5, 0.6) is 0 Å². The average Bonchev–Trinajstić information content (AvgIpc) is 3.01. The molecule has 1 saturated carbocycles. The number of Topliss-reactive ketones (excluding diaryl/α,β-unsaturated/α-hetero) is 1. The molecule has 1 aliphatic carbocycles. The molecule has 2 fully saturated rings. The Hall–Kier alpha value is -1.84. The Morgan fingerprint density at radius 3 is 2.85 bits per heavy atom. The lowest BCUT2D eigenvalue weighted by Gasteiger charge is -2.33. The van der Waals surface area contributed by atoms with E-state index >= 15 is 0 Å². The summed E-state index contributed by atoms with van der Waals surface area (Å²) in [5, 5.41) is 2.67. The quantitative estimate of drug-likeness (QED) is 0.798. The molecule has 3 aliphatic rings. The van der Waals surface area contributed by atoms with Crippen molar-refractivity contribution in [3.63, 3.8) is 0 Å². The highest BCUT2D eigenvalue weighted by molar-refractivity contribution is 6.51. The molecule has 1 aromatic carbocycles. The minimum absolute atomic E-state index is 0.413. The van der Waals surface area contributed by atoms with E-state index in [9.17, 15) is 9.59 Å². The van der Waals surface area contributed by atoms with Crippen molar-refractivity contribution in [2.24, 2.45) is 5.92 Å². The van der Waals surface area contributed by atoms with E-state index in [1.807, 2.05) is 12.1 Å². The minimum atomic E-state index is -0.505. The van der Waals surface area contributed by atoms with Crippen LogP contribution >= 0.6 is 0 Å². The molecule has 2 aliphatic heterocycles. The second kappa shape index (κ2) is 4.33. The smallest absolute Gasteiger partial charge is 0.296 e. The minimum Gasteiger partial charge on any atom is -0.368 e. The molecule has 104 valence electrons. The first-order valence-electron chi connectivity index (χ1n) is 7.50. The van der Waals surface area contributed by atoms with E-state index < -0.39 is 11.7 Å². The molecule has 2 unspecified atom stereocenters. The Morgan fingerprint density at radius 1 is 1.10 bits per heavy atom. The Balaban J connectivity index is 1.65. The number of fused-ring (bicyclic) bond motifs is 2. The van der Waals surface area contributed by atoms with Gasteiger partial charge >= 0.3 is 0 Å². The second-order valence-corrected chi connectivity index (χ2v) is 6.11. The Bertz CT molecular complexity index is 596. The van der Waals surface area contributed by atoms with Gasteiger partial charge in [-0.3, -0.25) is 9.59 Å². The van der Waals surface area contributed by atoms with Gasteiger partial charge in [0.15, 0.2) is 0 Å². The molecule has 4 nitrogen and oxygen atoms in total. The largest absolute Gasteiger partial charge is 0.368 e. The molecule has 2 atom stereocenters. The monoisotopic (exact) mass is 270 g/mol. The van der Waals surface area contributed by atoms with Gasteiger partial charge in [0.25, 0.3) is 11.7 Å². The van der Waals surface area contributed by atoms with E-state index in [4.69, 9.17) is 0 Å². The topological polar surface area (TPSA) is 49.4 Å². The third-order valence-electron chi connectivity index (χ3n) is 5.04. The maximum atomic E-state index is 11.6. The van der Waals surface area contributed by atoms with Gasteiger partial charge in [0, 0.05) is 18.3 Å². The van der Waals surface area contributed by atoms with Crippen LogP contribution in [0.15, 0.2) is 18.2 Å². The molecule has 4 heteroatoms. The molecule has 4 rings (SSSR count). The molecule has 1 saturated heterocycles. The summed E-state index contributed by atoms with van der Waals surface area (Å²) in [6.45, 7) is 1.09. The van der Waals surface area contributed by atoms with Gasteiger partial charge in [-0.2, -0.15) is 0 Å². The first-order valence-corrected chi connectivity index (χ1v) is 7.50. The average molecular weight is 270 g/mol. The third kappa shape index (κ3) is 1.67. The van der Waals surface area contributed by atoms with Gasteiger partial charge in [0.2, 0.25) is 0 Å². The highest BCUT2D eigenvalue weighted by Crippen LogP contribution is 2.40. The summed E-state index contributed by atoms with van der Waals surface area (Å²) >= 11 is 0. The molecule has 1 aromatic rings. The number of nitrogens with zero attached hydrogens (tertiary/aromatic N) is 1. The fourth-order valence-corrected chi connectivity index (χ4v) is 4.04. The van der Waals surface area contributed by atoms with Crippen molar-refractivity contribution in [3.05, 3.63) is 23.8 Å². The van der Waals surface area contributed by atoms with E-state index in [1.165, 1.54) is 32.1 Å². The summed E-state index contributed by atoms with van der Waals surface area (Å²) in [5.74, 6) is -0.0918. The van der Waals surface area contributed by atoms with Gasteiger partial charge < -0.3 is 10.2 Å². The first kappa shape index (κ1) is 11.9. The lowest BCUT2D eigenvalue weighted by atomic mass is 9.85. The number of hydrogen-bond acceptors (Lipinski definition) is 3. The predicted octanol–water partition coefficient (Wildman–Crippen LogP) is 2.59. The van der Waals surface area contributed by atoms with E-state index in [2.05, 4.69) is 10.2 Å². The van der Waals surface area contributed by atoms with Crippen LogP contribution in [0.2, 0.25) is 0 Å². The van der Waals surface area contributed by atoms with Crippen LogP contribution < -0.4 is 10.2 Å². The highest BCUT2D eigenvalue weighted by Gasteiger charge is 2.36. The van der Waals surface area contributed by atoms with Crippen molar-refractivity contribution < 1.29 is 9.59 Å². The predicted molar refractivity (Wildman–Crippen MR) is 77.1 cm³/mol. The molecular formula is C16H18N2O2. The molecular weight excluding hydrogens is 252 g/mol. The summed E-state index contributed by atoms with van der Waals surface area (Å²) < 4.78 is 0. The molecule has 0 bridgehead atoms. The molecule has 20 heavy (non-hydrogen) atoms. The number of hydrogen-bond donors (Lipinski definition) is 1. The summed E-state index contributed by atoms with van der Waals surface area (Å²) in [5.41, 5.74) is 2.34. The zero-order chi connectivity index (χ0) is 13.7. The number of carbonyl (C=O) groups excluding carboxylic acids is 2. The van der Waals surface area contributed by atoms with Crippen LogP contribution in [0.1, 0.15) is 42.5 Å². The molecule has 1 N–H and O–H groups in total. The van der Waals surface area contributed by atoms with Gasteiger partial charge in [-0.05, 0) is 43.4 Å². The van der Waals surface area contributed by atoms with Gasteiger partial charge in [0.1, 0.15) is 0 Å². The fraction of sp³-hybridized carbons (Fsp3) is 0.500. The maximum Gasteiger partial charge on any atom is 0.296 e. The number of carbonyl (C=O) groups is 2. The fourth-order valence-electron chi connectivity index (χ4n) is 4.04. The molecule has 0 radical (unpaired) electrons. The lowest BCUT2D eigenvalue weighted by Crippen LogP contribution is -2.34. The number of ketones is 1. The number of amides is 1. The summed E-state index contributed by atoms with van der Waals surface area (Å²) in [6, 6.07) is 6.40. The van der Waals surface area contributed by atoms with Crippen molar-refractivity contribution in [2.75, 3.05) is 16.8 Å². The third-order valence-corrected chi connectivity index (χ3v) is 5.04. The van der Waals surface area contributed by atoms with E-state index in [1.54, 1.807) is 6.07 Å². The summed E-state index contributed by atoms with van der Waals surface area (Å²) in [7, 11) is 0. The molecule has 2 heterocycles. The second-order valence-electron chi connectivity index (χ2n) is 6.11. The van der Waals surface area contributed by atoms with Crippen LogP contribution in [0.3, 0.4) is 0 Å². The van der Waals surface area contributed by atoms with Crippen molar-refractivity contribution in [1.82, 2.24) is 0 Å². The van der Waals surface area contributed by atoms with Gasteiger partial charge in [-0.25, -0.2) is 0 Å². The van der Waals surface area contributed by atoms with E-state index in [0.717, 1.165) is 18.2 Å². The molecule has 0 aromatic heterocycles. The van der Waals surface area contributed by atoms with E-state index in [0.29, 0.717) is 17.3 Å².